The lowest BCUT2D eigenvalue weighted by molar-refractivity contribution is 0.0775. The summed E-state index contributed by atoms with van der Waals surface area (Å²) < 4.78 is 5.41. The van der Waals surface area contributed by atoms with Gasteiger partial charge in [-0.25, -0.2) is 4.98 Å². The van der Waals surface area contributed by atoms with E-state index in [4.69, 9.17) is 4.52 Å². The molecule has 2 fully saturated rings. The van der Waals surface area contributed by atoms with Crippen LogP contribution in [0.3, 0.4) is 0 Å². The van der Waals surface area contributed by atoms with Crippen LogP contribution in [0.2, 0.25) is 0 Å². The van der Waals surface area contributed by atoms with Crippen LogP contribution in [0.15, 0.2) is 22.7 Å². The van der Waals surface area contributed by atoms with E-state index in [2.05, 4.69) is 15.1 Å². The van der Waals surface area contributed by atoms with Crippen LogP contribution in [0.1, 0.15) is 52.6 Å². The zero-order chi connectivity index (χ0) is 16.7. The van der Waals surface area contributed by atoms with E-state index in [-0.39, 0.29) is 24.3 Å². The molecule has 0 bridgehead atoms. The van der Waals surface area contributed by atoms with Crippen molar-refractivity contribution in [2.45, 2.75) is 31.6 Å². The molecule has 2 atom stereocenters. The van der Waals surface area contributed by atoms with Crippen molar-refractivity contribution in [1.29, 1.82) is 0 Å². The Bertz CT molecular complexity index is 756. The number of pyridine rings is 1. The smallest absolute Gasteiger partial charge is 0.272 e. The van der Waals surface area contributed by atoms with Gasteiger partial charge in [-0.15, -0.1) is 0 Å². The van der Waals surface area contributed by atoms with E-state index in [1.54, 1.807) is 11.0 Å². The van der Waals surface area contributed by atoms with Crippen LogP contribution >= 0.6 is 0 Å². The quantitative estimate of drug-likeness (QED) is 0.914. The first-order valence-electron chi connectivity index (χ1n) is 8.33. The molecule has 1 N–H and O–H groups in total. The van der Waals surface area contributed by atoms with Crippen molar-refractivity contribution in [3.8, 4) is 0 Å². The fraction of sp³-hybridized carbons (Fsp3) is 0.529. The third-order valence-corrected chi connectivity index (χ3v) is 4.79. The predicted molar refractivity (Wildman–Crippen MR) is 84.5 cm³/mol. The number of aromatic nitrogens is 3. The van der Waals surface area contributed by atoms with Crippen molar-refractivity contribution in [1.82, 2.24) is 20.0 Å². The molecule has 126 valence electrons. The topological polar surface area (TPSA) is 92.4 Å². The molecule has 24 heavy (non-hydrogen) atoms. The highest BCUT2D eigenvalue weighted by Crippen LogP contribution is 2.40. The fourth-order valence-electron chi connectivity index (χ4n) is 3.23. The molecule has 0 aromatic carbocycles. The summed E-state index contributed by atoms with van der Waals surface area (Å²) in [4.78, 5) is 23.2. The van der Waals surface area contributed by atoms with Gasteiger partial charge in [-0.05, 0) is 31.9 Å². The van der Waals surface area contributed by atoms with Crippen molar-refractivity contribution in [3.05, 3.63) is 41.3 Å². The van der Waals surface area contributed by atoms with Gasteiger partial charge in [-0.1, -0.05) is 11.2 Å². The number of likely N-dealkylation sites (tertiary alicyclic amines) is 1. The van der Waals surface area contributed by atoms with Crippen molar-refractivity contribution in [2.24, 2.45) is 5.92 Å². The molecule has 2 aromatic heterocycles. The van der Waals surface area contributed by atoms with Crippen LogP contribution in [-0.4, -0.2) is 50.7 Å². The molecule has 2 aromatic rings. The highest BCUT2D eigenvalue weighted by atomic mass is 16.5. The number of aliphatic hydroxyl groups is 1. The Kier molecular flexibility index (Phi) is 3.80. The number of amides is 1. The minimum atomic E-state index is -0.124. The van der Waals surface area contributed by atoms with E-state index < -0.39 is 0 Å². The number of hydrogen-bond donors (Lipinski definition) is 1. The molecule has 2 aliphatic rings. The van der Waals surface area contributed by atoms with Crippen LogP contribution in [0.25, 0.3) is 0 Å². The molecule has 1 amide bonds. The van der Waals surface area contributed by atoms with E-state index in [1.807, 2.05) is 19.1 Å². The van der Waals surface area contributed by atoms with E-state index in [9.17, 15) is 9.90 Å². The number of aryl methyl sites for hydroxylation is 1. The third-order valence-electron chi connectivity index (χ3n) is 4.79. The number of aliphatic hydroxyl groups excluding tert-OH is 1. The Labute approximate surface area is 139 Å². The second-order valence-electron chi connectivity index (χ2n) is 6.69. The van der Waals surface area contributed by atoms with Gasteiger partial charge in [0.1, 0.15) is 5.69 Å². The monoisotopic (exact) mass is 328 g/mol. The molecular weight excluding hydrogens is 308 g/mol. The van der Waals surface area contributed by atoms with Gasteiger partial charge in [0.25, 0.3) is 5.91 Å². The summed E-state index contributed by atoms with van der Waals surface area (Å²) in [6, 6.07) is 5.40. The van der Waals surface area contributed by atoms with Crippen LogP contribution in [-0.2, 0) is 0 Å². The predicted octanol–water partition coefficient (Wildman–Crippen LogP) is 1.50. The Hall–Kier alpha value is -2.28. The number of carbonyl (C=O) groups excluding carboxylic acids is 1. The Balaban J connectivity index is 1.53. The normalized spacial score (nSPS) is 23.7. The highest BCUT2D eigenvalue weighted by Gasteiger charge is 2.40. The standard InChI is InChI=1S/C17H20N4O3/c1-10-3-2-4-14(18-10)17(23)21-7-12(9-22)13(8-21)16-19-15(20-24-16)11-5-6-11/h2-4,11-13,22H,5-9H2,1H3/t12-,13+/m0/s1. The fourth-order valence-corrected chi connectivity index (χ4v) is 3.23. The molecule has 7 nitrogen and oxygen atoms in total. The number of rotatable bonds is 4. The second kappa shape index (κ2) is 5.98. The van der Waals surface area contributed by atoms with E-state index >= 15 is 0 Å². The van der Waals surface area contributed by atoms with Gasteiger partial charge >= 0.3 is 0 Å². The summed E-state index contributed by atoms with van der Waals surface area (Å²) in [6.07, 6.45) is 2.22. The van der Waals surface area contributed by atoms with Crippen molar-refractivity contribution >= 4 is 5.91 Å². The van der Waals surface area contributed by atoms with Gasteiger partial charge in [0, 0.05) is 37.2 Å². The van der Waals surface area contributed by atoms with Gasteiger partial charge < -0.3 is 14.5 Å². The summed E-state index contributed by atoms with van der Waals surface area (Å²) in [7, 11) is 0. The molecule has 1 saturated carbocycles. The molecule has 0 unspecified atom stereocenters. The molecule has 1 saturated heterocycles. The van der Waals surface area contributed by atoms with Crippen LogP contribution in [0.4, 0.5) is 0 Å². The number of hydrogen-bond acceptors (Lipinski definition) is 6. The number of carbonyl (C=O) groups is 1. The molecule has 0 radical (unpaired) electrons. The Morgan fingerprint density at radius 1 is 1.33 bits per heavy atom. The summed E-state index contributed by atoms with van der Waals surface area (Å²) in [5.74, 6) is 1.37. The van der Waals surface area contributed by atoms with Crippen LogP contribution < -0.4 is 0 Å². The largest absolute Gasteiger partial charge is 0.396 e. The maximum absolute atomic E-state index is 12.7. The maximum Gasteiger partial charge on any atom is 0.272 e. The molecule has 1 aliphatic heterocycles. The first-order chi connectivity index (χ1) is 11.7. The van der Waals surface area contributed by atoms with Gasteiger partial charge in [0.05, 0.1) is 5.92 Å². The van der Waals surface area contributed by atoms with Gasteiger partial charge in [-0.3, -0.25) is 4.79 Å². The maximum atomic E-state index is 12.7. The van der Waals surface area contributed by atoms with Crippen LogP contribution in [0.5, 0.6) is 0 Å². The Morgan fingerprint density at radius 3 is 2.88 bits per heavy atom. The van der Waals surface area contributed by atoms with E-state index in [0.29, 0.717) is 30.6 Å². The first kappa shape index (κ1) is 15.3. The first-order valence-corrected chi connectivity index (χ1v) is 8.33. The molecule has 1 aliphatic carbocycles. The summed E-state index contributed by atoms with van der Waals surface area (Å²) >= 11 is 0. The lowest BCUT2D eigenvalue weighted by Crippen LogP contribution is -2.30. The summed E-state index contributed by atoms with van der Waals surface area (Å²) in [5, 5.41) is 13.7. The van der Waals surface area contributed by atoms with E-state index in [0.717, 1.165) is 24.4 Å². The van der Waals surface area contributed by atoms with Crippen molar-refractivity contribution in [2.75, 3.05) is 19.7 Å². The zero-order valence-corrected chi connectivity index (χ0v) is 13.6. The number of nitrogens with zero attached hydrogens (tertiary/aromatic N) is 4. The Morgan fingerprint density at radius 2 is 2.17 bits per heavy atom. The second-order valence-corrected chi connectivity index (χ2v) is 6.69. The SMILES string of the molecule is Cc1cccc(C(=O)N2C[C@@H](CO)[C@H](c3nc(C4CC4)no3)C2)n1. The van der Waals surface area contributed by atoms with Crippen molar-refractivity contribution < 1.29 is 14.4 Å². The van der Waals surface area contributed by atoms with Gasteiger partial charge in [-0.2, -0.15) is 4.98 Å². The molecule has 0 spiro atoms. The molecule has 4 rings (SSSR count). The average molecular weight is 328 g/mol. The molecular formula is C17H20N4O3. The summed E-state index contributed by atoms with van der Waals surface area (Å²) in [6.45, 7) is 2.78. The zero-order valence-electron chi connectivity index (χ0n) is 13.6. The lowest BCUT2D eigenvalue weighted by Gasteiger charge is -2.15. The molecule has 3 heterocycles. The van der Waals surface area contributed by atoms with Crippen molar-refractivity contribution in [3.63, 3.8) is 0 Å². The third kappa shape index (κ3) is 2.80. The van der Waals surface area contributed by atoms with Crippen LogP contribution in [0, 0.1) is 12.8 Å². The molecule has 7 heteroatoms. The van der Waals surface area contributed by atoms with E-state index in [1.165, 1.54) is 0 Å². The highest BCUT2D eigenvalue weighted by molar-refractivity contribution is 5.92. The average Bonchev–Trinajstić information content (AvgIpc) is 3.17. The van der Waals surface area contributed by atoms with Gasteiger partial charge in [0.15, 0.2) is 5.82 Å². The minimum absolute atomic E-state index is 0.0170. The van der Waals surface area contributed by atoms with Gasteiger partial charge in [0.2, 0.25) is 5.89 Å². The lowest BCUT2D eigenvalue weighted by atomic mass is 9.97. The summed E-state index contributed by atoms with van der Waals surface area (Å²) in [5.41, 5.74) is 1.23. The minimum Gasteiger partial charge on any atom is -0.396 e.